The van der Waals surface area contributed by atoms with E-state index in [1.165, 1.54) is 7.11 Å². The molecule has 5 heteroatoms. The van der Waals surface area contributed by atoms with E-state index in [4.69, 9.17) is 9.47 Å². The number of benzene rings is 1. The first-order valence-electron chi connectivity index (χ1n) is 7.61. The number of ether oxygens (including phenoxy) is 2. The molecule has 23 heavy (non-hydrogen) atoms. The van der Waals surface area contributed by atoms with Gasteiger partial charge in [-0.2, -0.15) is 0 Å². The van der Waals surface area contributed by atoms with Crippen molar-refractivity contribution in [3.63, 3.8) is 0 Å². The number of anilines is 1. The Bertz CT molecular complexity index is 641. The van der Waals surface area contributed by atoms with Gasteiger partial charge in [0, 0.05) is 25.6 Å². The van der Waals surface area contributed by atoms with Crippen molar-refractivity contribution in [1.29, 1.82) is 0 Å². The zero-order valence-corrected chi connectivity index (χ0v) is 13.7. The normalized spacial score (nSPS) is 11.8. The van der Waals surface area contributed by atoms with Crippen LogP contribution in [0.3, 0.4) is 0 Å². The first kappa shape index (κ1) is 17.0. The van der Waals surface area contributed by atoms with Gasteiger partial charge in [-0.1, -0.05) is 30.3 Å². The number of carbonyl (C=O) groups excluding carboxylic acids is 1. The number of esters is 1. The second kappa shape index (κ2) is 8.29. The Balaban J connectivity index is 2.13. The largest absolute Gasteiger partial charge is 0.467 e. The van der Waals surface area contributed by atoms with E-state index in [1.807, 2.05) is 56.4 Å². The fourth-order valence-electron chi connectivity index (χ4n) is 2.30. The Morgan fingerprint density at radius 3 is 2.57 bits per heavy atom. The number of rotatable bonds is 7. The van der Waals surface area contributed by atoms with Gasteiger partial charge in [-0.25, -0.2) is 9.78 Å². The average Bonchev–Trinajstić information content (AvgIpc) is 2.61. The zero-order chi connectivity index (χ0) is 16.7. The van der Waals surface area contributed by atoms with E-state index in [0.717, 1.165) is 22.6 Å². The monoisotopic (exact) mass is 314 g/mol. The first-order chi connectivity index (χ1) is 11.2. The van der Waals surface area contributed by atoms with E-state index in [2.05, 4.69) is 10.3 Å². The molecule has 0 aliphatic heterocycles. The van der Waals surface area contributed by atoms with Crippen LogP contribution in [-0.2, 0) is 20.7 Å². The minimum Gasteiger partial charge on any atom is -0.467 e. The average molecular weight is 314 g/mol. The molecule has 0 fully saturated rings. The van der Waals surface area contributed by atoms with Gasteiger partial charge in [0.1, 0.15) is 5.82 Å². The highest BCUT2D eigenvalue weighted by Crippen LogP contribution is 2.20. The van der Waals surface area contributed by atoms with Crippen molar-refractivity contribution in [3.05, 3.63) is 48.0 Å². The van der Waals surface area contributed by atoms with E-state index in [1.54, 1.807) is 0 Å². The van der Waals surface area contributed by atoms with Crippen LogP contribution in [0.5, 0.6) is 0 Å². The van der Waals surface area contributed by atoms with E-state index in [0.29, 0.717) is 13.0 Å². The summed E-state index contributed by atoms with van der Waals surface area (Å²) in [6.07, 6.45) is -0.0771. The van der Waals surface area contributed by atoms with Gasteiger partial charge < -0.3 is 14.8 Å². The molecule has 1 N–H and O–H groups in total. The highest BCUT2D eigenvalue weighted by molar-refractivity contribution is 5.75. The second-order valence-corrected chi connectivity index (χ2v) is 5.03. The quantitative estimate of drug-likeness (QED) is 0.796. The molecular weight excluding hydrogens is 292 g/mol. The molecular formula is C18H22N2O3. The van der Waals surface area contributed by atoms with Gasteiger partial charge in [0.15, 0.2) is 6.10 Å². The summed E-state index contributed by atoms with van der Waals surface area (Å²) in [6.45, 7) is 2.33. The molecule has 0 saturated heterocycles. The van der Waals surface area contributed by atoms with Crippen LogP contribution in [0.2, 0.25) is 0 Å². The summed E-state index contributed by atoms with van der Waals surface area (Å²) in [5.41, 5.74) is 2.94. The lowest BCUT2D eigenvalue weighted by Gasteiger charge is -2.14. The Kier molecular flexibility index (Phi) is 6.11. The predicted molar refractivity (Wildman–Crippen MR) is 90.4 cm³/mol. The number of hydrogen-bond donors (Lipinski definition) is 1. The minimum atomic E-state index is -0.568. The summed E-state index contributed by atoms with van der Waals surface area (Å²) < 4.78 is 10.2. The van der Waals surface area contributed by atoms with Crippen molar-refractivity contribution in [2.45, 2.75) is 19.4 Å². The highest BCUT2D eigenvalue weighted by atomic mass is 16.6. The van der Waals surface area contributed by atoms with Crippen molar-refractivity contribution in [1.82, 2.24) is 4.98 Å². The molecule has 122 valence electrons. The van der Waals surface area contributed by atoms with E-state index < -0.39 is 6.10 Å². The molecule has 0 amide bonds. The molecule has 5 nitrogen and oxygen atoms in total. The van der Waals surface area contributed by atoms with Crippen molar-refractivity contribution in [3.8, 4) is 11.3 Å². The highest BCUT2D eigenvalue weighted by Gasteiger charge is 2.19. The van der Waals surface area contributed by atoms with Gasteiger partial charge in [-0.15, -0.1) is 0 Å². The fourth-order valence-corrected chi connectivity index (χ4v) is 2.30. The molecule has 0 unspecified atom stereocenters. The van der Waals surface area contributed by atoms with Crippen LogP contribution < -0.4 is 5.32 Å². The lowest BCUT2D eigenvalue weighted by Crippen LogP contribution is -2.28. The molecule has 0 aliphatic rings. The van der Waals surface area contributed by atoms with Crippen molar-refractivity contribution >= 4 is 11.8 Å². The van der Waals surface area contributed by atoms with Gasteiger partial charge in [-0.3, -0.25) is 0 Å². The molecule has 1 aromatic heterocycles. The van der Waals surface area contributed by atoms with Gasteiger partial charge in [0.2, 0.25) is 0 Å². The molecule has 0 aliphatic carbocycles. The molecule has 0 saturated carbocycles. The lowest BCUT2D eigenvalue weighted by atomic mass is 10.0. The molecule has 0 radical (unpaired) electrons. The number of hydrogen-bond acceptors (Lipinski definition) is 5. The molecule has 1 aromatic carbocycles. The third kappa shape index (κ3) is 4.53. The van der Waals surface area contributed by atoms with Gasteiger partial charge in [-0.05, 0) is 24.6 Å². The molecule has 1 heterocycles. The molecule has 0 spiro atoms. The predicted octanol–water partition coefficient (Wildman–Crippen LogP) is 2.91. The number of aromatic nitrogens is 1. The fraction of sp³-hybridized carbons (Fsp3) is 0.333. The van der Waals surface area contributed by atoms with Crippen LogP contribution in [0.15, 0.2) is 42.5 Å². The maximum atomic E-state index is 11.7. The van der Waals surface area contributed by atoms with E-state index in [-0.39, 0.29) is 5.97 Å². The Hall–Kier alpha value is -2.40. The molecule has 2 aromatic rings. The summed E-state index contributed by atoms with van der Waals surface area (Å²) in [7, 11) is 3.22. The SMILES string of the molecule is CCO[C@@H](Cc1ccc(-c2cccc(NC)n2)cc1)C(=O)OC. The molecule has 1 atom stereocenters. The van der Waals surface area contributed by atoms with Crippen LogP contribution in [0.4, 0.5) is 5.82 Å². The van der Waals surface area contributed by atoms with Gasteiger partial charge in [0.25, 0.3) is 0 Å². The summed E-state index contributed by atoms with van der Waals surface area (Å²) in [5, 5.41) is 3.03. The first-order valence-corrected chi connectivity index (χ1v) is 7.61. The van der Waals surface area contributed by atoms with Crippen LogP contribution in [0, 0.1) is 0 Å². The maximum absolute atomic E-state index is 11.7. The number of nitrogens with one attached hydrogen (secondary N) is 1. The minimum absolute atomic E-state index is 0.348. The van der Waals surface area contributed by atoms with E-state index >= 15 is 0 Å². The van der Waals surface area contributed by atoms with Gasteiger partial charge in [0.05, 0.1) is 12.8 Å². The van der Waals surface area contributed by atoms with Gasteiger partial charge >= 0.3 is 5.97 Å². The number of pyridine rings is 1. The number of nitrogens with zero attached hydrogens (tertiary/aromatic N) is 1. The number of carbonyl (C=O) groups is 1. The number of methoxy groups -OCH3 is 1. The topological polar surface area (TPSA) is 60.5 Å². The van der Waals surface area contributed by atoms with Crippen LogP contribution >= 0.6 is 0 Å². The van der Waals surface area contributed by atoms with E-state index in [9.17, 15) is 4.79 Å². The maximum Gasteiger partial charge on any atom is 0.335 e. The third-order valence-electron chi connectivity index (χ3n) is 3.51. The van der Waals surface area contributed by atoms with Crippen LogP contribution in [0.25, 0.3) is 11.3 Å². The van der Waals surface area contributed by atoms with Crippen molar-refractivity contribution < 1.29 is 14.3 Å². The zero-order valence-electron chi connectivity index (χ0n) is 13.7. The summed E-state index contributed by atoms with van der Waals surface area (Å²) >= 11 is 0. The van der Waals surface area contributed by atoms with Crippen LogP contribution in [-0.4, -0.2) is 37.8 Å². The van der Waals surface area contributed by atoms with Crippen LogP contribution in [0.1, 0.15) is 12.5 Å². The standard InChI is InChI=1S/C18H22N2O3/c1-4-23-16(18(21)22-3)12-13-8-10-14(11-9-13)15-6-5-7-17(19-2)20-15/h5-11,16H,4,12H2,1-3H3,(H,19,20)/t16-/m0/s1. The van der Waals surface area contributed by atoms with Crippen molar-refractivity contribution in [2.75, 3.05) is 26.1 Å². The summed E-state index contributed by atoms with van der Waals surface area (Å²) in [5.74, 6) is 0.480. The Morgan fingerprint density at radius 2 is 1.96 bits per heavy atom. The molecule has 2 rings (SSSR count). The smallest absolute Gasteiger partial charge is 0.335 e. The Morgan fingerprint density at radius 1 is 1.22 bits per heavy atom. The third-order valence-corrected chi connectivity index (χ3v) is 3.51. The Labute approximate surface area is 136 Å². The lowest BCUT2D eigenvalue weighted by molar-refractivity contribution is -0.153. The van der Waals surface area contributed by atoms with Crippen molar-refractivity contribution in [2.24, 2.45) is 0 Å². The summed E-state index contributed by atoms with van der Waals surface area (Å²) in [6, 6.07) is 13.8. The summed E-state index contributed by atoms with van der Waals surface area (Å²) in [4.78, 5) is 16.2. The molecule has 0 bridgehead atoms. The second-order valence-electron chi connectivity index (χ2n) is 5.03.